The van der Waals surface area contributed by atoms with Crippen molar-refractivity contribution in [2.75, 3.05) is 19.8 Å². The van der Waals surface area contributed by atoms with E-state index in [2.05, 4.69) is 35.0 Å². The fourth-order valence-corrected chi connectivity index (χ4v) is 3.28. The Bertz CT molecular complexity index is 666. The van der Waals surface area contributed by atoms with Crippen molar-refractivity contribution >= 4 is 27.4 Å². The van der Waals surface area contributed by atoms with E-state index < -0.39 is 0 Å². The number of aromatic nitrogens is 3. The molecule has 23 heavy (non-hydrogen) atoms. The fourth-order valence-electron chi connectivity index (χ4n) is 2.62. The SMILES string of the molecule is CCOC(C)=O.Cc1nccn2c(C3CCOCC3)nc(Br)c12. The number of ether oxygens (including phenoxy) is 2. The minimum Gasteiger partial charge on any atom is -0.466 e. The van der Waals surface area contributed by atoms with Crippen LogP contribution in [0.4, 0.5) is 0 Å². The number of carbonyl (C=O) groups is 1. The van der Waals surface area contributed by atoms with Crippen LogP contribution in [0, 0.1) is 6.92 Å². The Morgan fingerprint density at radius 1 is 1.48 bits per heavy atom. The number of esters is 1. The zero-order valence-corrected chi connectivity index (χ0v) is 15.3. The molecule has 3 rings (SSSR count). The lowest BCUT2D eigenvalue weighted by molar-refractivity contribution is -0.140. The topological polar surface area (TPSA) is 65.7 Å². The van der Waals surface area contributed by atoms with Gasteiger partial charge in [0.2, 0.25) is 0 Å². The van der Waals surface area contributed by atoms with Gasteiger partial charge in [-0.2, -0.15) is 0 Å². The van der Waals surface area contributed by atoms with Crippen LogP contribution in [-0.2, 0) is 14.3 Å². The Morgan fingerprint density at radius 2 is 2.17 bits per heavy atom. The van der Waals surface area contributed by atoms with Crippen molar-refractivity contribution in [2.24, 2.45) is 0 Å². The molecule has 3 heterocycles. The lowest BCUT2D eigenvalue weighted by atomic mass is 10.00. The molecule has 7 heteroatoms. The lowest BCUT2D eigenvalue weighted by Gasteiger charge is -2.20. The normalized spacial score (nSPS) is 15.1. The molecule has 1 fully saturated rings. The third-order valence-corrected chi connectivity index (χ3v) is 4.21. The summed E-state index contributed by atoms with van der Waals surface area (Å²) in [5.74, 6) is 1.41. The second-order valence-corrected chi connectivity index (χ2v) is 6.05. The van der Waals surface area contributed by atoms with Gasteiger partial charge in [0.15, 0.2) is 0 Å². The van der Waals surface area contributed by atoms with Crippen LogP contribution in [0.3, 0.4) is 0 Å². The second-order valence-electron chi connectivity index (χ2n) is 5.30. The average molecular weight is 384 g/mol. The number of aryl methyl sites for hydroxylation is 1. The van der Waals surface area contributed by atoms with E-state index in [0.29, 0.717) is 12.5 Å². The van der Waals surface area contributed by atoms with Gasteiger partial charge in [0.25, 0.3) is 0 Å². The molecule has 0 N–H and O–H groups in total. The zero-order valence-electron chi connectivity index (χ0n) is 13.7. The molecule has 6 nitrogen and oxygen atoms in total. The molecule has 2 aromatic rings. The van der Waals surface area contributed by atoms with Crippen LogP contribution >= 0.6 is 15.9 Å². The van der Waals surface area contributed by atoms with Gasteiger partial charge in [-0.25, -0.2) is 4.98 Å². The van der Waals surface area contributed by atoms with E-state index in [1.807, 2.05) is 19.3 Å². The molecule has 2 aromatic heterocycles. The van der Waals surface area contributed by atoms with Crippen LogP contribution in [0.15, 0.2) is 17.0 Å². The first-order chi connectivity index (χ1) is 11.0. The van der Waals surface area contributed by atoms with Gasteiger partial charge in [-0.15, -0.1) is 0 Å². The van der Waals surface area contributed by atoms with Crippen molar-refractivity contribution < 1.29 is 14.3 Å². The summed E-state index contributed by atoms with van der Waals surface area (Å²) >= 11 is 3.53. The molecule has 0 aromatic carbocycles. The molecule has 0 radical (unpaired) electrons. The van der Waals surface area contributed by atoms with Crippen LogP contribution in [0.2, 0.25) is 0 Å². The number of nitrogens with zero attached hydrogens (tertiary/aromatic N) is 3. The molecule has 1 saturated heterocycles. The zero-order chi connectivity index (χ0) is 16.8. The highest BCUT2D eigenvalue weighted by atomic mass is 79.9. The predicted molar refractivity (Wildman–Crippen MR) is 90.5 cm³/mol. The summed E-state index contributed by atoms with van der Waals surface area (Å²) in [4.78, 5) is 18.8. The smallest absolute Gasteiger partial charge is 0.302 e. The minimum atomic E-state index is -0.211. The molecule has 0 spiro atoms. The molecule has 126 valence electrons. The third-order valence-electron chi connectivity index (χ3n) is 3.66. The van der Waals surface area contributed by atoms with Crippen molar-refractivity contribution in [2.45, 2.75) is 39.5 Å². The molecule has 0 amide bonds. The van der Waals surface area contributed by atoms with Crippen molar-refractivity contribution in [1.82, 2.24) is 14.4 Å². The van der Waals surface area contributed by atoms with E-state index in [-0.39, 0.29) is 5.97 Å². The molecule has 0 aliphatic carbocycles. The Labute approximate surface area is 144 Å². The average Bonchev–Trinajstić information content (AvgIpc) is 2.87. The summed E-state index contributed by atoms with van der Waals surface area (Å²) in [5, 5.41) is 0. The molecule has 0 atom stereocenters. The van der Waals surface area contributed by atoms with Crippen molar-refractivity contribution in [1.29, 1.82) is 0 Å². The van der Waals surface area contributed by atoms with Gasteiger partial charge >= 0.3 is 5.97 Å². The number of fused-ring (bicyclic) bond motifs is 1. The van der Waals surface area contributed by atoms with Crippen LogP contribution in [-0.4, -0.2) is 40.2 Å². The predicted octanol–water partition coefficient (Wildman–Crippen LogP) is 3.26. The monoisotopic (exact) mass is 383 g/mol. The number of carbonyl (C=O) groups excluding carboxylic acids is 1. The highest BCUT2D eigenvalue weighted by Gasteiger charge is 2.22. The number of rotatable bonds is 2. The number of imidazole rings is 1. The molecular weight excluding hydrogens is 362 g/mol. The van der Waals surface area contributed by atoms with E-state index in [1.54, 1.807) is 6.92 Å². The van der Waals surface area contributed by atoms with Gasteiger partial charge in [0.1, 0.15) is 15.9 Å². The van der Waals surface area contributed by atoms with Gasteiger partial charge in [0.05, 0.1) is 12.3 Å². The van der Waals surface area contributed by atoms with Gasteiger partial charge in [-0.05, 0) is 42.6 Å². The molecule has 1 aliphatic rings. The second kappa shape index (κ2) is 8.40. The highest BCUT2D eigenvalue weighted by molar-refractivity contribution is 9.10. The number of hydrogen-bond acceptors (Lipinski definition) is 5. The summed E-state index contributed by atoms with van der Waals surface area (Å²) in [7, 11) is 0. The fraction of sp³-hybridized carbons (Fsp3) is 0.562. The first-order valence-corrected chi connectivity index (χ1v) is 8.54. The van der Waals surface area contributed by atoms with Crippen LogP contribution in [0.5, 0.6) is 0 Å². The van der Waals surface area contributed by atoms with E-state index in [0.717, 1.165) is 47.7 Å². The Morgan fingerprint density at radius 3 is 2.74 bits per heavy atom. The van der Waals surface area contributed by atoms with E-state index in [1.165, 1.54) is 6.92 Å². The largest absolute Gasteiger partial charge is 0.466 e. The summed E-state index contributed by atoms with van der Waals surface area (Å²) < 4.78 is 12.9. The summed E-state index contributed by atoms with van der Waals surface area (Å²) in [6.07, 6.45) is 5.92. The summed E-state index contributed by atoms with van der Waals surface area (Å²) in [6.45, 7) is 7.33. The third kappa shape index (κ3) is 4.51. The Balaban J connectivity index is 0.000000277. The molecular formula is C16H22BrN3O3. The maximum Gasteiger partial charge on any atom is 0.302 e. The van der Waals surface area contributed by atoms with Gasteiger partial charge < -0.3 is 9.47 Å². The minimum absolute atomic E-state index is 0.211. The van der Waals surface area contributed by atoms with Gasteiger partial charge in [0, 0.05) is 38.4 Å². The quantitative estimate of drug-likeness (QED) is 0.744. The first-order valence-electron chi connectivity index (χ1n) is 7.74. The van der Waals surface area contributed by atoms with Crippen LogP contribution in [0.25, 0.3) is 5.52 Å². The van der Waals surface area contributed by atoms with Crippen molar-refractivity contribution in [3.05, 3.63) is 28.5 Å². The number of halogens is 1. The van der Waals surface area contributed by atoms with E-state index in [4.69, 9.17) is 4.74 Å². The standard InChI is InChI=1S/C12H14BrN3O.C4H8O2/c1-8-10-11(13)15-12(16(10)5-4-14-8)9-2-6-17-7-3-9;1-3-6-4(2)5/h4-5,9H,2-3,6-7H2,1H3;3H2,1-2H3. The molecule has 0 unspecified atom stereocenters. The maximum absolute atomic E-state index is 9.82. The maximum atomic E-state index is 9.82. The summed E-state index contributed by atoms with van der Waals surface area (Å²) in [6, 6.07) is 0. The van der Waals surface area contributed by atoms with Crippen LogP contribution in [0.1, 0.15) is 44.1 Å². The van der Waals surface area contributed by atoms with Crippen LogP contribution < -0.4 is 0 Å². The van der Waals surface area contributed by atoms with Crippen molar-refractivity contribution in [3.63, 3.8) is 0 Å². The lowest BCUT2D eigenvalue weighted by Crippen LogP contribution is -2.16. The van der Waals surface area contributed by atoms with Crippen molar-refractivity contribution in [3.8, 4) is 0 Å². The molecule has 0 saturated carbocycles. The molecule has 0 bridgehead atoms. The first kappa shape index (κ1) is 17.9. The van der Waals surface area contributed by atoms with E-state index >= 15 is 0 Å². The highest BCUT2D eigenvalue weighted by Crippen LogP contribution is 2.30. The Kier molecular flexibility index (Phi) is 6.53. The van der Waals surface area contributed by atoms with Gasteiger partial charge in [-0.3, -0.25) is 14.2 Å². The molecule has 1 aliphatic heterocycles. The summed E-state index contributed by atoms with van der Waals surface area (Å²) in [5.41, 5.74) is 2.08. The van der Waals surface area contributed by atoms with Gasteiger partial charge in [-0.1, -0.05) is 0 Å². The number of hydrogen-bond donors (Lipinski definition) is 0. The Hall–Kier alpha value is -1.47. The van der Waals surface area contributed by atoms with E-state index in [9.17, 15) is 4.79 Å².